The second-order valence-electron chi connectivity index (χ2n) is 6.26. The molecular weight excluding hydrogens is 391 g/mol. The van der Waals surface area contributed by atoms with Crippen LogP contribution in [0.4, 0.5) is 0 Å². The SMILES string of the molecule is Cl.Cl.NNC(=O)Cc1ccc(CCc2csc(C3CCNCC3)n2)cc1. The number of thiazole rings is 1. The maximum Gasteiger partial charge on any atom is 0.238 e. The minimum absolute atomic E-state index is 0. The lowest BCUT2D eigenvalue weighted by atomic mass is 9.99. The normalized spacial score (nSPS) is 14.2. The molecule has 1 aromatic heterocycles. The molecule has 144 valence electrons. The average Bonchev–Trinajstić information content (AvgIpc) is 3.11. The number of hydrogen-bond acceptors (Lipinski definition) is 5. The van der Waals surface area contributed by atoms with Crippen LogP contribution in [0.5, 0.6) is 0 Å². The third-order valence-corrected chi connectivity index (χ3v) is 5.53. The van der Waals surface area contributed by atoms with Gasteiger partial charge in [0.1, 0.15) is 0 Å². The van der Waals surface area contributed by atoms with E-state index in [0.29, 0.717) is 12.3 Å². The number of benzene rings is 1. The number of piperidine rings is 1. The summed E-state index contributed by atoms with van der Waals surface area (Å²) in [5, 5.41) is 6.91. The Kier molecular flexibility index (Phi) is 10.1. The van der Waals surface area contributed by atoms with Crippen molar-refractivity contribution < 1.29 is 4.79 Å². The van der Waals surface area contributed by atoms with E-state index in [1.54, 1.807) is 0 Å². The Labute approximate surface area is 171 Å². The van der Waals surface area contributed by atoms with Gasteiger partial charge in [0, 0.05) is 11.3 Å². The highest BCUT2D eigenvalue weighted by Gasteiger charge is 2.18. The van der Waals surface area contributed by atoms with Gasteiger partial charge in [-0.2, -0.15) is 0 Å². The second-order valence-corrected chi connectivity index (χ2v) is 7.15. The first-order chi connectivity index (χ1) is 11.7. The van der Waals surface area contributed by atoms with Crippen LogP contribution < -0.4 is 16.6 Å². The Balaban J connectivity index is 0.00000169. The van der Waals surface area contributed by atoms with E-state index in [0.717, 1.165) is 31.5 Å². The maximum absolute atomic E-state index is 11.3. The summed E-state index contributed by atoms with van der Waals surface area (Å²) in [5.74, 6) is 5.58. The number of nitrogens with two attached hydrogens (primary N) is 1. The van der Waals surface area contributed by atoms with Crippen molar-refractivity contribution in [2.45, 2.75) is 38.0 Å². The number of aryl methyl sites for hydroxylation is 2. The molecule has 0 atom stereocenters. The molecule has 8 heteroatoms. The fourth-order valence-electron chi connectivity index (χ4n) is 3.03. The number of amides is 1. The topological polar surface area (TPSA) is 80.0 Å². The highest BCUT2D eigenvalue weighted by Crippen LogP contribution is 2.28. The van der Waals surface area contributed by atoms with Gasteiger partial charge in [0.15, 0.2) is 0 Å². The van der Waals surface area contributed by atoms with Crippen LogP contribution in [0.3, 0.4) is 0 Å². The van der Waals surface area contributed by atoms with Crippen LogP contribution >= 0.6 is 36.2 Å². The number of halogens is 2. The van der Waals surface area contributed by atoms with Crippen LogP contribution in [-0.4, -0.2) is 24.0 Å². The van der Waals surface area contributed by atoms with Crippen molar-refractivity contribution in [3.63, 3.8) is 0 Å². The number of nitrogens with one attached hydrogen (secondary N) is 2. The molecule has 2 aromatic rings. The first-order valence-corrected chi connectivity index (χ1v) is 9.35. The summed E-state index contributed by atoms with van der Waals surface area (Å²) >= 11 is 1.81. The van der Waals surface area contributed by atoms with Gasteiger partial charge in [0.2, 0.25) is 5.91 Å². The molecule has 0 spiro atoms. The molecule has 5 nitrogen and oxygen atoms in total. The molecule has 1 aliphatic heterocycles. The van der Waals surface area contributed by atoms with Crippen LogP contribution in [-0.2, 0) is 24.1 Å². The first-order valence-electron chi connectivity index (χ1n) is 8.47. The van der Waals surface area contributed by atoms with E-state index in [4.69, 9.17) is 10.8 Å². The number of rotatable bonds is 6. The summed E-state index contributed by atoms with van der Waals surface area (Å²) in [7, 11) is 0. The molecule has 0 radical (unpaired) electrons. The zero-order valence-corrected chi connectivity index (χ0v) is 17.0. The predicted octanol–water partition coefficient (Wildman–Crippen LogP) is 2.77. The van der Waals surface area contributed by atoms with E-state index in [1.165, 1.54) is 29.1 Å². The molecule has 1 amide bonds. The van der Waals surface area contributed by atoms with Gasteiger partial charge in [-0.25, -0.2) is 10.8 Å². The minimum atomic E-state index is -0.171. The summed E-state index contributed by atoms with van der Waals surface area (Å²) in [6.07, 6.45) is 4.65. The van der Waals surface area contributed by atoms with Gasteiger partial charge in [-0.15, -0.1) is 36.2 Å². The molecule has 1 aromatic carbocycles. The van der Waals surface area contributed by atoms with Crippen LogP contribution in [0.25, 0.3) is 0 Å². The number of aromatic nitrogens is 1. The lowest BCUT2D eigenvalue weighted by molar-refractivity contribution is -0.120. The lowest BCUT2D eigenvalue weighted by Crippen LogP contribution is -2.31. The van der Waals surface area contributed by atoms with Crippen molar-refractivity contribution >= 4 is 42.1 Å². The monoisotopic (exact) mass is 416 g/mol. The molecule has 0 saturated carbocycles. The third-order valence-electron chi connectivity index (χ3n) is 4.48. The molecule has 2 heterocycles. The number of hydrazine groups is 1. The van der Waals surface area contributed by atoms with Gasteiger partial charge in [-0.3, -0.25) is 10.2 Å². The molecule has 0 bridgehead atoms. The van der Waals surface area contributed by atoms with Gasteiger partial charge >= 0.3 is 0 Å². The standard InChI is InChI=1S/C18H24N4OS.2ClH/c19-22-17(23)11-14-3-1-13(2-4-14)5-6-16-12-24-18(21-16)15-7-9-20-10-8-15;;/h1-4,12,15,20H,5-11,19H2,(H,22,23);2*1H. The fourth-order valence-corrected chi connectivity index (χ4v) is 4.05. The summed E-state index contributed by atoms with van der Waals surface area (Å²) in [6, 6.07) is 8.15. The number of hydrogen-bond donors (Lipinski definition) is 3. The molecule has 1 fully saturated rings. The van der Waals surface area contributed by atoms with Crippen molar-refractivity contribution in [3.8, 4) is 0 Å². The van der Waals surface area contributed by atoms with Gasteiger partial charge in [0.25, 0.3) is 0 Å². The van der Waals surface area contributed by atoms with Crippen LogP contribution in [0.1, 0.15) is 40.6 Å². The summed E-state index contributed by atoms with van der Waals surface area (Å²) in [6.45, 7) is 2.21. The number of carbonyl (C=O) groups excluding carboxylic acids is 1. The maximum atomic E-state index is 11.3. The van der Waals surface area contributed by atoms with E-state index >= 15 is 0 Å². The van der Waals surface area contributed by atoms with E-state index < -0.39 is 0 Å². The lowest BCUT2D eigenvalue weighted by Gasteiger charge is -2.20. The van der Waals surface area contributed by atoms with E-state index in [9.17, 15) is 4.79 Å². The summed E-state index contributed by atoms with van der Waals surface area (Å²) in [4.78, 5) is 16.1. The van der Waals surface area contributed by atoms with Crippen molar-refractivity contribution in [2.75, 3.05) is 13.1 Å². The Hall–Kier alpha value is -1.18. The van der Waals surface area contributed by atoms with E-state index in [2.05, 4.69) is 28.3 Å². The van der Waals surface area contributed by atoms with Gasteiger partial charge in [-0.1, -0.05) is 24.3 Å². The smallest absolute Gasteiger partial charge is 0.238 e. The number of nitrogens with zero attached hydrogens (tertiary/aromatic N) is 1. The first kappa shape index (κ1) is 22.9. The van der Waals surface area contributed by atoms with Crippen LogP contribution in [0.2, 0.25) is 0 Å². The molecule has 3 rings (SSSR count). The van der Waals surface area contributed by atoms with E-state index in [-0.39, 0.29) is 30.7 Å². The molecule has 0 unspecified atom stereocenters. The predicted molar refractivity (Wildman–Crippen MR) is 111 cm³/mol. The van der Waals surface area contributed by atoms with Crippen molar-refractivity contribution in [3.05, 3.63) is 51.5 Å². The summed E-state index contributed by atoms with van der Waals surface area (Å²) < 4.78 is 0. The Morgan fingerprint density at radius 2 is 1.81 bits per heavy atom. The van der Waals surface area contributed by atoms with Crippen LogP contribution in [0.15, 0.2) is 29.6 Å². The molecular formula is C18H26Cl2N4OS. The van der Waals surface area contributed by atoms with Crippen molar-refractivity contribution in [2.24, 2.45) is 5.84 Å². The highest BCUT2D eigenvalue weighted by atomic mass is 35.5. The Morgan fingerprint density at radius 1 is 1.15 bits per heavy atom. The minimum Gasteiger partial charge on any atom is -0.317 e. The number of carbonyl (C=O) groups is 1. The molecule has 0 aliphatic carbocycles. The third kappa shape index (κ3) is 6.52. The molecule has 4 N–H and O–H groups in total. The highest BCUT2D eigenvalue weighted by molar-refractivity contribution is 7.09. The van der Waals surface area contributed by atoms with Gasteiger partial charge < -0.3 is 5.32 Å². The largest absolute Gasteiger partial charge is 0.317 e. The zero-order chi connectivity index (χ0) is 16.8. The van der Waals surface area contributed by atoms with Gasteiger partial charge in [-0.05, 0) is 49.9 Å². The van der Waals surface area contributed by atoms with Crippen molar-refractivity contribution in [1.29, 1.82) is 0 Å². The second kappa shape index (κ2) is 11.5. The molecule has 1 saturated heterocycles. The average molecular weight is 417 g/mol. The van der Waals surface area contributed by atoms with Crippen molar-refractivity contribution in [1.82, 2.24) is 15.7 Å². The summed E-state index contributed by atoms with van der Waals surface area (Å²) in [5.41, 5.74) is 5.59. The quantitative estimate of drug-likeness (QED) is 0.384. The van der Waals surface area contributed by atoms with E-state index in [1.807, 2.05) is 23.5 Å². The van der Waals surface area contributed by atoms with Gasteiger partial charge in [0.05, 0.1) is 17.1 Å². The molecule has 1 aliphatic rings. The molecule has 26 heavy (non-hydrogen) atoms. The van der Waals surface area contributed by atoms with Crippen LogP contribution in [0, 0.1) is 0 Å². The Morgan fingerprint density at radius 3 is 2.46 bits per heavy atom. The Bertz CT molecular complexity index is 672. The zero-order valence-electron chi connectivity index (χ0n) is 14.6. The fraction of sp³-hybridized carbons (Fsp3) is 0.444.